The second-order valence-corrected chi connectivity index (χ2v) is 15.9. The number of quaternary nitrogens is 1. The van der Waals surface area contributed by atoms with Crippen LogP contribution in [0.3, 0.4) is 0 Å². The van der Waals surface area contributed by atoms with Crippen LogP contribution in [0.4, 0.5) is 0 Å². The summed E-state index contributed by atoms with van der Waals surface area (Å²) in [6, 6.07) is -0.736. The molecule has 0 heterocycles. The zero-order chi connectivity index (χ0) is 42.8. The van der Waals surface area contributed by atoms with Crippen LogP contribution in [0, 0.1) is 0 Å². The van der Waals surface area contributed by atoms with Gasteiger partial charge in [0.25, 0.3) is 0 Å². The molecule has 0 spiro atoms. The average molecular weight is 810 g/mol. The van der Waals surface area contributed by atoms with E-state index in [0.717, 1.165) is 103 Å². The van der Waals surface area contributed by atoms with Gasteiger partial charge in [-0.15, -0.1) is 0 Å². The Labute approximate surface area is 354 Å². The van der Waals surface area contributed by atoms with Crippen LogP contribution in [0.25, 0.3) is 0 Å². The number of hydrogen-bond donors (Lipinski definition) is 0. The third kappa shape index (κ3) is 38.1. The van der Waals surface area contributed by atoms with E-state index in [1.54, 1.807) is 21.1 Å². The van der Waals surface area contributed by atoms with Crippen molar-refractivity contribution in [2.45, 2.75) is 174 Å². The third-order valence-electron chi connectivity index (χ3n) is 9.52. The summed E-state index contributed by atoms with van der Waals surface area (Å²) in [6.07, 6.45) is 51.8. The lowest BCUT2D eigenvalue weighted by molar-refractivity contribution is -0.889. The summed E-state index contributed by atoms with van der Waals surface area (Å²) in [5, 5.41) is 11.6. The molecule has 0 amide bonds. The topological polar surface area (TPSA) is 102 Å². The summed E-state index contributed by atoms with van der Waals surface area (Å²) < 4.78 is 17.1. The van der Waals surface area contributed by atoms with Crippen molar-refractivity contribution in [3.8, 4) is 0 Å². The number of carboxylic acid groups (broad SMARTS) is 1. The van der Waals surface area contributed by atoms with Gasteiger partial charge in [0.05, 0.1) is 40.3 Å². The number of unbranched alkanes of at least 4 members (excludes halogenated alkanes) is 11. The van der Waals surface area contributed by atoms with Gasteiger partial charge in [-0.25, -0.2) is 0 Å². The molecule has 2 atom stereocenters. The molecule has 0 saturated heterocycles. The predicted octanol–water partition coefficient (Wildman–Crippen LogP) is 11.2. The van der Waals surface area contributed by atoms with Gasteiger partial charge in [0.15, 0.2) is 6.10 Å². The van der Waals surface area contributed by atoms with Crippen LogP contribution in [0.15, 0.2) is 85.1 Å². The van der Waals surface area contributed by atoms with Gasteiger partial charge in [-0.05, 0) is 89.9 Å². The van der Waals surface area contributed by atoms with Gasteiger partial charge in [0.2, 0.25) is 0 Å². The number of ether oxygens (including phenoxy) is 3. The van der Waals surface area contributed by atoms with Crippen molar-refractivity contribution in [2.24, 2.45) is 0 Å². The number of carbonyl (C=O) groups is 3. The molecular weight excluding hydrogens is 727 g/mol. The summed E-state index contributed by atoms with van der Waals surface area (Å²) in [5.41, 5.74) is 0. The molecule has 0 aromatic heterocycles. The first-order valence-corrected chi connectivity index (χ1v) is 22.6. The van der Waals surface area contributed by atoms with E-state index in [1.165, 1.54) is 25.7 Å². The van der Waals surface area contributed by atoms with Crippen molar-refractivity contribution < 1.29 is 38.2 Å². The molecule has 0 radical (unpaired) electrons. The van der Waals surface area contributed by atoms with E-state index in [9.17, 15) is 19.5 Å². The van der Waals surface area contributed by atoms with Crippen LogP contribution in [0.5, 0.6) is 0 Å². The van der Waals surface area contributed by atoms with Crippen molar-refractivity contribution in [3.63, 3.8) is 0 Å². The molecule has 0 rings (SSSR count). The van der Waals surface area contributed by atoms with Crippen LogP contribution in [0.2, 0.25) is 0 Å². The maximum Gasteiger partial charge on any atom is 0.306 e. The number of hydrogen-bond acceptors (Lipinski definition) is 7. The fourth-order valence-corrected chi connectivity index (χ4v) is 6.01. The fourth-order valence-electron chi connectivity index (χ4n) is 6.01. The van der Waals surface area contributed by atoms with Crippen molar-refractivity contribution in [1.82, 2.24) is 0 Å². The van der Waals surface area contributed by atoms with E-state index in [0.29, 0.717) is 12.8 Å². The highest BCUT2D eigenvalue weighted by Gasteiger charge is 2.25. The normalized spacial score (nSPS) is 13.7. The van der Waals surface area contributed by atoms with Gasteiger partial charge in [-0.1, -0.05) is 137 Å². The number of esters is 2. The third-order valence-corrected chi connectivity index (χ3v) is 9.52. The van der Waals surface area contributed by atoms with E-state index in [1.807, 2.05) is 0 Å². The molecule has 0 aromatic rings. The predicted molar refractivity (Wildman–Crippen MR) is 240 cm³/mol. The van der Waals surface area contributed by atoms with Crippen LogP contribution < -0.4 is 5.11 Å². The first kappa shape index (κ1) is 54.5. The largest absolute Gasteiger partial charge is 0.544 e. The highest BCUT2D eigenvalue weighted by molar-refractivity contribution is 5.70. The first-order valence-electron chi connectivity index (χ1n) is 22.6. The van der Waals surface area contributed by atoms with Crippen molar-refractivity contribution in [1.29, 1.82) is 0 Å². The smallest absolute Gasteiger partial charge is 0.306 e. The molecule has 0 aromatic carbocycles. The number of carboxylic acids is 1. The van der Waals surface area contributed by atoms with Crippen LogP contribution in [-0.4, -0.2) is 75.5 Å². The molecular formula is C50H83NO7. The zero-order valence-electron chi connectivity index (χ0n) is 37.4. The van der Waals surface area contributed by atoms with Crippen molar-refractivity contribution in [3.05, 3.63) is 85.1 Å². The summed E-state index contributed by atoms with van der Waals surface area (Å²) in [5.74, 6) is -1.80. The molecule has 330 valence electrons. The standard InChI is InChI=1S/C50H83NO7/c1-6-8-10-12-14-16-18-20-21-22-23-24-25-26-27-28-29-31-32-34-36-38-40-48(52)57-45-46(44-56-43-42-47(50(54)55)51(3,4)5)58-49(53)41-39-37-35-33-30-19-17-15-13-11-9-7-2/h8,10,14-17,20-21,23-24,26-27,29,31,46-47H,6-7,9,11-13,18-19,22,25,28,30,32-45H2,1-5H3/b10-8+,16-14+,17-15+,21-20+,24-23+,27-26+,31-29+. The van der Waals surface area contributed by atoms with E-state index in [2.05, 4.69) is 98.9 Å². The van der Waals surface area contributed by atoms with Crippen LogP contribution >= 0.6 is 0 Å². The van der Waals surface area contributed by atoms with Gasteiger partial charge in [-0.3, -0.25) is 9.59 Å². The molecule has 0 aliphatic rings. The monoisotopic (exact) mass is 810 g/mol. The molecule has 0 fully saturated rings. The Morgan fingerprint density at radius 1 is 0.534 bits per heavy atom. The number of nitrogens with zero attached hydrogens (tertiary/aromatic N) is 1. The number of allylic oxidation sites excluding steroid dienone is 14. The molecule has 0 aliphatic carbocycles. The SMILES string of the molecule is CC/C=C/C/C=C/C/C=C/C/C=C/C/C=C/C/C=C/CCCCCC(=O)OCC(COCCC(C(=O)[O-])[N+](C)(C)C)OC(=O)CCCCCCC/C=C/CCCCC. The van der Waals surface area contributed by atoms with Gasteiger partial charge in [-0.2, -0.15) is 0 Å². The number of aliphatic carboxylic acids is 1. The second kappa shape index (κ2) is 40.3. The van der Waals surface area contributed by atoms with Gasteiger partial charge in [0.1, 0.15) is 12.6 Å². The maximum atomic E-state index is 12.7. The Kier molecular flexibility index (Phi) is 37.9. The molecule has 0 bridgehead atoms. The molecule has 8 heteroatoms. The molecule has 0 N–H and O–H groups in total. The number of likely N-dealkylation sites (N-methyl/N-ethyl adjacent to an activating group) is 1. The van der Waals surface area contributed by atoms with Crippen LogP contribution in [0.1, 0.15) is 162 Å². The Morgan fingerprint density at radius 3 is 1.47 bits per heavy atom. The minimum Gasteiger partial charge on any atom is -0.544 e. The van der Waals surface area contributed by atoms with E-state index in [4.69, 9.17) is 14.2 Å². The van der Waals surface area contributed by atoms with E-state index in [-0.39, 0.29) is 42.7 Å². The molecule has 58 heavy (non-hydrogen) atoms. The lowest BCUT2D eigenvalue weighted by Crippen LogP contribution is -2.55. The second-order valence-electron chi connectivity index (χ2n) is 15.9. The highest BCUT2D eigenvalue weighted by Crippen LogP contribution is 2.12. The lowest BCUT2D eigenvalue weighted by Gasteiger charge is -2.34. The lowest BCUT2D eigenvalue weighted by atomic mass is 10.1. The Bertz CT molecular complexity index is 1220. The Hall–Kier alpha value is -3.49. The molecule has 8 nitrogen and oxygen atoms in total. The van der Waals surface area contributed by atoms with Crippen molar-refractivity contribution >= 4 is 17.9 Å². The summed E-state index contributed by atoms with van der Waals surface area (Å²) in [4.78, 5) is 36.8. The molecule has 2 unspecified atom stereocenters. The van der Waals surface area contributed by atoms with Crippen molar-refractivity contribution in [2.75, 3.05) is 41.0 Å². The van der Waals surface area contributed by atoms with Gasteiger partial charge in [0, 0.05) is 19.3 Å². The minimum absolute atomic E-state index is 0.0217. The summed E-state index contributed by atoms with van der Waals surface area (Å²) in [7, 11) is 5.38. The number of rotatable bonds is 39. The summed E-state index contributed by atoms with van der Waals surface area (Å²) in [6.45, 7) is 4.46. The van der Waals surface area contributed by atoms with E-state index >= 15 is 0 Å². The molecule has 0 aliphatic heterocycles. The summed E-state index contributed by atoms with van der Waals surface area (Å²) >= 11 is 0. The number of carbonyl (C=O) groups excluding carboxylic acids is 3. The zero-order valence-corrected chi connectivity index (χ0v) is 37.4. The van der Waals surface area contributed by atoms with Gasteiger partial charge < -0.3 is 28.6 Å². The first-order chi connectivity index (χ1) is 28.1. The van der Waals surface area contributed by atoms with Gasteiger partial charge >= 0.3 is 11.9 Å². The fraction of sp³-hybridized carbons (Fsp3) is 0.660. The molecule has 0 saturated carbocycles. The highest BCUT2D eigenvalue weighted by atomic mass is 16.6. The Morgan fingerprint density at radius 2 is 0.966 bits per heavy atom. The van der Waals surface area contributed by atoms with E-state index < -0.39 is 18.1 Å². The van der Waals surface area contributed by atoms with Crippen LogP contribution in [-0.2, 0) is 28.6 Å². The average Bonchev–Trinajstić information content (AvgIpc) is 3.18. The Balaban J connectivity index is 4.38. The quantitative estimate of drug-likeness (QED) is 0.0264. The minimum atomic E-state index is -1.13. The maximum absolute atomic E-state index is 12.7.